The van der Waals surface area contributed by atoms with Crippen LogP contribution in [0.3, 0.4) is 0 Å². The van der Waals surface area contributed by atoms with Crippen LogP contribution in [0.1, 0.15) is 36.0 Å². The van der Waals surface area contributed by atoms with Crippen molar-refractivity contribution < 1.29 is 18.3 Å². The molecule has 0 aliphatic carbocycles. The average Bonchev–Trinajstić information content (AvgIpc) is 3.45. The molecule has 5 rings (SSSR count). The van der Waals surface area contributed by atoms with E-state index >= 15 is 0 Å². The third-order valence-corrected chi connectivity index (χ3v) is 7.96. The summed E-state index contributed by atoms with van der Waals surface area (Å²) in [7, 11) is 4.09. The van der Waals surface area contributed by atoms with Gasteiger partial charge in [-0.25, -0.2) is 13.8 Å². The van der Waals surface area contributed by atoms with E-state index in [4.69, 9.17) is 4.74 Å². The molecule has 1 fully saturated rings. The fourth-order valence-corrected chi connectivity index (χ4v) is 5.84. The highest BCUT2D eigenvalue weighted by Gasteiger charge is 2.29. The number of nitrogens with one attached hydrogen (secondary N) is 1. The first-order valence-corrected chi connectivity index (χ1v) is 14.4. The Morgan fingerprint density at radius 1 is 1.15 bits per heavy atom. The summed E-state index contributed by atoms with van der Waals surface area (Å²) in [4.78, 5) is 27.4. The van der Waals surface area contributed by atoms with E-state index in [1.165, 1.54) is 6.20 Å². The number of benzene rings is 2. The zero-order valence-electron chi connectivity index (χ0n) is 22.7. The second-order valence-electron chi connectivity index (χ2n) is 10.2. The number of rotatable bonds is 10. The Morgan fingerprint density at radius 2 is 1.98 bits per heavy atom. The molecule has 0 spiro atoms. The van der Waals surface area contributed by atoms with Crippen molar-refractivity contribution in [2.24, 2.45) is 0 Å². The molecule has 1 unspecified atom stereocenters. The summed E-state index contributed by atoms with van der Waals surface area (Å²) in [6.45, 7) is 2.74. The fraction of sp³-hybridized carbons (Fsp3) is 0.367. The number of hydrogen-bond acceptors (Lipinski definition) is 7. The Labute approximate surface area is 236 Å². The Balaban J connectivity index is 1.28. The number of aromatic nitrogens is 2. The third kappa shape index (κ3) is 6.56. The molecule has 3 heterocycles. The van der Waals surface area contributed by atoms with Crippen molar-refractivity contribution in [3.8, 4) is 16.2 Å². The van der Waals surface area contributed by atoms with Gasteiger partial charge in [-0.3, -0.25) is 9.78 Å². The van der Waals surface area contributed by atoms with Crippen LogP contribution in [-0.2, 0) is 0 Å². The molecule has 1 amide bonds. The van der Waals surface area contributed by atoms with Crippen LogP contribution in [0.4, 0.5) is 14.6 Å². The SMILES string of the molecule is CN(C)CCCOc1cccc(-c2sccc2C(=O)N2CCCCC2CNc2cnc3cc(F)c(F)cc3n2)c1. The molecule has 0 saturated carbocycles. The summed E-state index contributed by atoms with van der Waals surface area (Å²) in [5.74, 6) is -0.665. The van der Waals surface area contributed by atoms with E-state index in [0.717, 1.165) is 60.6 Å². The van der Waals surface area contributed by atoms with Gasteiger partial charge in [-0.2, -0.15) is 0 Å². The number of carbonyl (C=O) groups excluding carboxylic acids is 1. The number of amides is 1. The van der Waals surface area contributed by atoms with Crippen LogP contribution >= 0.6 is 11.3 Å². The number of piperidine rings is 1. The van der Waals surface area contributed by atoms with Gasteiger partial charge in [-0.15, -0.1) is 11.3 Å². The quantitative estimate of drug-likeness (QED) is 0.235. The molecule has 2 aromatic carbocycles. The van der Waals surface area contributed by atoms with Crippen LogP contribution < -0.4 is 10.1 Å². The molecular weight excluding hydrogens is 532 g/mol. The molecule has 1 N–H and O–H groups in total. The Morgan fingerprint density at radius 3 is 2.80 bits per heavy atom. The number of halogens is 2. The van der Waals surface area contributed by atoms with Crippen molar-refractivity contribution in [1.29, 1.82) is 0 Å². The van der Waals surface area contributed by atoms with Crippen LogP contribution in [0.2, 0.25) is 0 Å². The summed E-state index contributed by atoms with van der Waals surface area (Å²) in [6, 6.07) is 11.9. The topological polar surface area (TPSA) is 70.6 Å². The highest BCUT2D eigenvalue weighted by Crippen LogP contribution is 2.34. The van der Waals surface area contributed by atoms with E-state index < -0.39 is 11.6 Å². The molecule has 7 nitrogen and oxygen atoms in total. The molecule has 1 saturated heterocycles. The fourth-order valence-electron chi connectivity index (χ4n) is 4.95. The van der Waals surface area contributed by atoms with Crippen LogP contribution in [0.25, 0.3) is 21.5 Å². The van der Waals surface area contributed by atoms with Crippen LogP contribution in [-0.4, -0.2) is 72.1 Å². The third-order valence-electron chi connectivity index (χ3n) is 7.00. The Kier molecular flexibility index (Phi) is 8.86. The first-order valence-electron chi connectivity index (χ1n) is 13.5. The first kappa shape index (κ1) is 27.9. The largest absolute Gasteiger partial charge is 0.494 e. The molecule has 40 heavy (non-hydrogen) atoms. The second-order valence-corrected chi connectivity index (χ2v) is 11.2. The molecule has 1 atom stereocenters. The van der Waals surface area contributed by atoms with Gasteiger partial charge in [0.05, 0.1) is 29.4 Å². The van der Waals surface area contributed by atoms with Gasteiger partial charge in [0.15, 0.2) is 11.6 Å². The number of anilines is 1. The lowest BCUT2D eigenvalue weighted by atomic mass is 10.00. The number of ether oxygens (including phenoxy) is 1. The monoisotopic (exact) mass is 565 g/mol. The van der Waals surface area contributed by atoms with Gasteiger partial charge in [0.1, 0.15) is 11.6 Å². The van der Waals surface area contributed by atoms with Crippen molar-refractivity contribution >= 4 is 34.1 Å². The minimum atomic E-state index is -0.962. The predicted octanol–water partition coefficient (Wildman–Crippen LogP) is 6.07. The summed E-state index contributed by atoms with van der Waals surface area (Å²) >= 11 is 1.55. The van der Waals surface area contributed by atoms with Crippen LogP contribution in [0.15, 0.2) is 54.0 Å². The highest BCUT2D eigenvalue weighted by molar-refractivity contribution is 7.14. The number of fused-ring (bicyclic) bond motifs is 1. The number of likely N-dealkylation sites (tertiary alicyclic amines) is 1. The minimum absolute atomic E-state index is 0.00203. The lowest BCUT2D eigenvalue weighted by Crippen LogP contribution is -2.47. The van der Waals surface area contributed by atoms with Crippen molar-refractivity contribution in [3.63, 3.8) is 0 Å². The number of hydrogen-bond donors (Lipinski definition) is 1. The van der Waals surface area contributed by atoms with Crippen molar-refractivity contribution in [2.45, 2.75) is 31.7 Å². The van der Waals surface area contributed by atoms with Gasteiger partial charge in [-0.1, -0.05) is 12.1 Å². The maximum atomic E-state index is 13.8. The molecule has 2 aromatic heterocycles. The van der Waals surface area contributed by atoms with E-state index in [-0.39, 0.29) is 23.0 Å². The van der Waals surface area contributed by atoms with Crippen molar-refractivity contribution in [2.75, 3.05) is 45.7 Å². The standard InChI is InChI=1S/C30H33F2N5O2S/c1-36(2)11-6-13-39-22-9-5-7-20(15-22)29-23(10-14-40-29)30(38)37-12-4-3-8-21(37)18-34-28-19-33-26-16-24(31)25(32)17-27(26)35-28/h5,7,9-10,14-17,19,21H,3-4,6,8,11-13,18H2,1-2H3,(H,34,35). The number of nitrogens with zero attached hydrogens (tertiary/aromatic N) is 4. The zero-order chi connectivity index (χ0) is 28.1. The summed E-state index contributed by atoms with van der Waals surface area (Å²) in [6.07, 6.45) is 5.26. The lowest BCUT2D eigenvalue weighted by molar-refractivity contribution is 0.0629. The summed E-state index contributed by atoms with van der Waals surface area (Å²) in [5.41, 5.74) is 2.20. The molecule has 0 bridgehead atoms. The molecule has 1 aliphatic rings. The van der Waals surface area contributed by atoms with E-state index in [9.17, 15) is 13.6 Å². The molecule has 210 valence electrons. The smallest absolute Gasteiger partial charge is 0.255 e. The molecule has 10 heteroatoms. The molecule has 0 radical (unpaired) electrons. The number of carbonyl (C=O) groups is 1. The zero-order valence-corrected chi connectivity index (χ0v) is 23.5. The van der Waals surface area contributed by atoms with Crippen LogP contribution in [0, 0.1) is 11.6 Å². The Hall–Kier alpha value is -3.63. The highest BCUT2D eigenvalue weighted by atomic mass is 32.1. The lowest BCUT2D eigenvalue weighted by Gasteiger charge is -2.36. The van der Waals surface area contributed by atoms with Gasteiger partial charge in [0.2, 0.25) is 0 Å². The van der Waals surface area contributed by atoms with Gasteiger partial charge in [0, 0.05) is 42.7 Å². The van der Waals surface area contributed by atoms with Crippen molar-refractivity contribution in [3.05, 3.63) is 71.2 Å². The van der Waals surface area contributed by atoms with Gasteiger partial charge in [0.25, 0.3) is 5.91 Å². The van der Waals surface area contributed by atoms with Gasteiger partial charge < -0.3 is 19.9 Å². The van der Waals surface area contributed by atoms with E-state index in [1.807, 2.05) is 54.7 Å². The maximum Gasteiger partial charge on any atom is 0.255 e. The number of thiophene rings is 1. The van der Waals surface area contributed by atoms with E-state index in [2.05, 4.69) is 20.2 Å². The Bertz CT molecular complexity index is 1480. The summed E-state index contributed by atoms with van der Waals surface area (Å²) < 4.78 is 33.2. The molecule has 4 aromatic rings. The van der Waals surface area contributed by atoms with Crippen molar-refractivity contribution in [1.82, 2.24) is 19.8 Å². The minimum Gasteiger partial charge on any atom is -0.494 e. The van der Waals surface area contributed by atoms with E-state index in [1.54, 1.807) is 11.3 Å². The molecule has 1 aliphatic heterocycles. The second kappa shape index (κ2) is 12.7. The summed E-state index contributed by atoms with van der Waals surface area (Å²) in [5, 5.41) is 5.21. The molecular formula is C30H33F2N5O2S. The van der Waals surface area contributed by atoms with Gasteiger partial charge >= 0.3 is 0 Å². The van der Waals surface area contributed by atoms with Gasteiger partial charge in [-0.05, 0) is 68.9 Å². The average molecular weight is 566 g/mol. The normalized spacial score (nSPS) is 15.5. The van der Waals surface area contributed by atoms with Crippen LogP contribution in [0.5, 0.6) is 5.75 Å². The predicted molar refractivity (Wildman–Crippen MR) is 155 cm³/mol. The maximum absolute atomic E-state index is 13.8. The first-order chi connectivity index (χ1) is 19.4. The van der Waals surface area contributed by atoms with E-state index in [0.29, 0.717) is 31.1 Å².